The number of rotatable bonds is 11. The highest BCUT2D eigenvalue weighted by atomic mass is 16.6. The number of carbonyl (C=O) groups is 4. The minimum Gasteiger partial charge on any atom is -0.480 e. The fourth-order valence-electron chi connectivity index (χ4n) is 4.10. The molecule has 0 unspecified atom stereocenters. The van der Waals surface area contributed by atoms with Crippen molar-refractivity contribution >= 4 is 23.9 Å². The summed E-state index contributed by atoms with van der Waals surface area (Å²) in [5.41, 5.74) is -0.646. The number of nitrogens with one attached hydrogen (secondary N) is 3. The first kappa shape index (κ1) is 29.7. The van der Waals surface area contributed by atoms with E-state index in [1.165, 1.54) is 0 Å². The highest BCUT2D eigenvalue weighted by molar-refractivity contribution is 5.86. The maximum Gasteiger partial charge on any atom is 0.408 e. The van der Waals surface area contributed by atoms with E-state index in [1.54, 1.807) is 20.8 Å². The molecule has 0 spiro atoms. The molecule has 1 fully saturated rings. The standard InChI is InChI=1S/C25H45N3O6/c1-8-16(4)20(23(31)32)28-21(29)18-11-9-17(10-12-18)14-26-22(30)19(13-15(2)3)27-24(33)34-25(5,6)7/h15-20H,8-14H2,1-7H3,(H,26,30)(H,27,33)(H,28,29)(H,31,32)/t16-,17?,18?,19+,20+/m0/s1. The zero-order valence-corrected chi connectivity index (χ0v) is 21.9. The van der Waals surface area contributed by atoms with Crippen molar-refractivity contribution in [3.63, 3.8) is 0 Å². The largest absolute Gasteiger partial charge is 0.480 e. The van der Waals surface area contributed by atoms with Gasteiger partial charge in [-0.3, -0.25) is 9.59 Å². The molecule has 3 amide bonds. The van der Waals surface area contributed by atoms with Crippen LogP contribution in [-0.4, -0.2) is 53.2 Å². The van der Waals surface area contributed by atoms with E-state index >= 15 is 0 Å². The van der Waals surface area contributed by atoms with Gasteiger partial charge in [-0.15, -0.1) is 0 Å². The third-order valence-electron chi connectivity index (χ3n) is 6.27. The molecule has 9 heteroatoms. The van der Waals surface area contributed by atoms with Gasteiger partial charge in [-0.2, -0.15) is 0 Å². The summed E-state index contributed by atoms with van der Waals surface area (Å²) in [5.74, 6) is -1.34. The minimum absolute atomic E-state index is 0.138. The second-order valence-corrected chi connectivity index (χ2v) is 11.0. The van der Waals surface area contributed by atoms with Crippen LogP contribution in [-0.2, 0) is 19.1 Å². The molecule has 196 valence electrons. The Hall–Kier alpha value is -2.32. The smallest absolute Gasteiger partial charge is 0.408 e. The summed E-state index contributed by atoms with van der Waals surface area (Å²) in [6, 6.07) is -1.55. The van der Waals surface area contributed by atoms with Crippen LogP contribution in [0.15, 0.2) is 0 Å². The molecular formula is C25H45N3O6. The lowest BCUT2D eigenvalue weighted by molar-refractivity contribution is -0.144. The maximum absolute atomic E-state index is 12.8. The van der Waals surface area contributed by atoms with E-state index in [1.807, 2.05) is 27.7 Å². The molecule has 0 bridgehead atoms. The number of hydrogen-bond donors (Lipinski definition) is 4. The lowest BCUT2D eigenvalue weighted by Crippen LogP contribution is -2.50. The Bertz CT molecular complexity index is 695. The summed E-state index contributed by atoms with van der Waals surface area (Å²) in [5, 5.41) is 17.7. The fourth-order valence-corrected chi connectivity index (χ4v) is 4.10. The molecule has 3 atom stereocenters. The number of alkyl carbamates (subject to hydrolysis) is 1. The molecule has 0 aromatic carbocycles. The first-order chi connectivity index (χ1) is 15.7. The van der Waals surface area contributed by atoms with Crippen molar-refractivity contribution in [2.75, 3.05) is 6.54 Å². The van der Waals surface area contributed by atoms with Crippen LogP contribution in [0.4, 0.5) is 4.79 Å². The van der Waals surface area contributed by atoms with E-state index < -0.39 is 29.7 Å². The Labute approximate surface area is 204 Å². The average molecular weight is 484 g/mol. The molecule has 1 saturated carbocycles. The van der Waals surface area contributed by atoms with Gasteiger partial charge in [0, 0.05) is 12.5 Å². The van der Waals surface area contributed by atoms with Crippen molar-refractivity contribution in [1.82, 2.24) is 16.0 Å². The summed E-state index contributed by atoms with van der Waals surface area (Å²) in [6.45, 7) is 13.5. The highest BCUT2D eigenvalue weighted by Crippen LogP contribution is 2.29. The van der Waals surface area contributed by atoms with E-state index in [2.05, 4.69) is 16.0 Å². The molecular weight excluding hydrogens is 438 g/mol. The first-order valence-electron chi connectivity index (χ1n) is 12.5. The molecule has 1 rings (SSSR count). The molecule has 34 heavy (non-hydrogen) atoms. The van der Waals surface area contributed by atoms with Crippen molar-refractivity contribution in [2.24, 2.45) is 23.7 Å². The predicted molar refractivity (Wildman–Crippen MR) is 130 cm³/mol. The number of hydrogen-bond acceptors (Lipinski definition) is 5. The lowest BCUT2D eigenvalue weighted by atomic mass is 9.81. The number of carbonyl (C=O) groups excluding carboxylic acids is 3. The summed E-state index contributed by atoms with van der Waals surface area (Å²) < 4.78 is 5.29. The second-order valence-electron chi connectivity index (χ2n) is 11.0. The Balaban J connectivity index is 2.54. The van der Waals surface area contributed by atoms with Crippen LogP contribution in [0.1, 0.15) is 87.0 Å². The van der Waals surface area contributed by atoms with Crippen molar-refractivity contribution in [3.8, 4) is 0 Å². The second kappa shape index (κ2) is 13.5. The van der Waals surface area contributed by atoms with Crippen LogP contribution < -0.4 is 16.0 Å². The van der Waals surface area contributed by atoms with Crippen LogP contribution in [0.2, 0.25) is 0 Å². The summed E-state index contributed by atoms with van der Waals surface area (Å²) in [6.07, 6.45) is 3.41. The molecule has 0 aromatic rings. The quantitative estimate of drug-likeness (QED) is 0.356. The van der Waals surface area contributed by atoms with Gasteiger partial charge < -0.3 is 25.8 Å². The number of ether oxygens (including phenoxy) is 1. The van der Waals surface area contributed by atoms with Gasteiger partial charge in [-0.1, -0.05) is 34.1 Å². The molecule has 0 radical (unpaired) electrons. The summed E-state index contributed by atoms with van der Waals surface area (Å²) in [7, 11) is 0. The van der Waals surface area contributed by atoms with E-state index in [0.717, 1.165) is 12.8 Å². The Morgan fingerprint density at radius 3 is 2.06 bits per heavy atom. The zero-order valence-electron chi connectivity index (χ0n) is 21.9. The third kappa shape index (κ3) is 10.7. The van der Waals surface area contributed by atoms with Crippen molar-refractivity contribution in [3.05, 3.63) is 0 Å². The van der Waals surface area contributed by atoms with E-state index in [9.17, 15) is 24.3 Å². The average Bonchev–Trinajstić information content (AvgIpc) is 2.73. The molecule has 1 aliphatic carbocycles. The predicted octanol–water partition coefficient (Wildman–Crippen LogP) is 3.46. The van der Waals surface area contributed by atoms with E-state index in [0.29, 0.717) is 32.2 Å². The number of aliphatic carboxylic acids is 1. The lowest BCUT2D eigenvalue weighted by Gasteiger charge is -2.30. The minimum atomic E-state index is -1.00. The molecule has 0 heterocycles. The maximum atomic E-state index is 12.8. The van der Waals surface area contributed by atoms with Crippen LogP contribution in [0.3, 0.4) is 0 Å². The van der Waals surface area contributed by atoms with Crippen molar-refractivity contribution in [2.45, 2.75) is 105 Å². The number of carboxylic acid groups (broad SMARTS) is 1. The van der Waals surface area contributed by atoms with Gasteiger partial charge in [0.25, 0.3) is 0 Å². The van der Waals surface area contributed by atoms with Crippen molar-refractivity contribution < 1.29 is 29.0 Å². The SMILES string of the molecule is CC[C@H](C)[C@@H](NC(=O)C1CCC(CNC(=O)[C@@H](CC(C)C)NC(=O)OC(C)(C)C)CC1)C(=O)O. The molecule has 0 aromatic heterocycles. The topological polar surface area (TPSA) is 134 Å². The van der Waals surface area contributed by atoms with Crippen LogP contribution in [0.5, 0.6) is 0 Å². The molecule has 0 aliphatic heterocycles. The molecule has 4 N–H and O–H groups in total. The van der Waals surface area contributed by atoms with Gasteiger partial charge in [0.2, 0.25) is 11.8 Å². The van der Waals surface area contributed by atoms with E-state index in [-0.39, 0.29) is 35.5 Å². The Morgan fingerprint density at radius 2 is 1.59 bits per heavy atom. The zero-order chi connectivity index (χ0) is 26.1. The Kier molecular flexibility index (Phi) is 11.8. The van der Waals surface area contributed by atoms with Crippen LogP contribution in [0, 0.1) is 23.7 Å². The van der Waals surface area contributed by atoms with Gasteiger partial charge in [-0.05, 0) is 70.6 Å². The normalized spacial score (nSPS) is 21.2. The van der Waals surface area contributed by atoms with Gasteiger partial charge in [-0.25, -0.2) is 9.59 Å². The van der Waals surface area contributed by atoms with Gasteiger partial charge >= 0.3 is 12.1 Å². The first-order valence-corrected chi connectivity index (χ1v) is 12.5. The Morgan fingerprint density at radius 1 is 1.00 bits per heavy atom. The summed E-state index contributed by atoms with van der Waals surface area (Å²) in [4.78, 5) is 49.0. The van der Waals surface area contributed by atoms with E-state index in [4.69, 9.17) is 4.74 Å². The molecule has 0 saturated heterocycles. The number of amides is 3. The third-order valence-corrected chi connectivity index (χ3v) is 6.27. The fraction of sp³-hybridized carbons (Fsp3) is 0.840. The highest BCUT2D eigenvalue weighted by Gasteiger charge is 2.32. The van der Waals surface area contributed by atoms with Gasteiger partial charge in [0.15, 0.2) is 0 Å². The van der Waals surface area contributed by atoms with Gasteiger partial charge in [0.1, 0.15) is 17.7 Å². The van der Waals surface area contributed by atoms with Crippen LogP contribution >= 0.6 is 0 Å². The monoisotopic (exact) mass is 483 g/mol. The molecule has 9 nitrogen and oxygen atoms in total. The molecule has 1 aliphatic rings. The van der Waals surface area contributed by atoms with Crippen LogP contribution in [0.25, 0.3) is 0 Å². The summed E-state index contributed by atoms with van der Waals surface area (Å²) >= 11 is 0. The number of carboxylic acids is 1. The van der Waals surface area contributed by atoms with Crippen molar-refractivity contribution in [1.29, 1.82) is 0 Å². The van der Waals surface area contributed by atoms with Gasteiger partial charge in [0.05, 0.1) is 0 Å².